The van der Waals surface area contributed by atoms with Gasteiger partial charge in [-0.3, -0.25) is 4.79 Å². The summed E-state index contributed by atoms with van der Waals surface area (Å²) in [5.41, 5.74) is 2.83. The molecule has 3 aromatic rings. The van der Waals surface area contributed by atoms with E-state index in [-0.39, 0.29) is 11.8 Å². The number of carbonyl (C=O) groups is 1. The van der Waals surface area contributed by atoms with E-state index in [9.17, 15) is 4.79 Å². The average Bonchev–Trinajstić information content (AvgIpc) is 3.13. The molecule has 0 spiro atoms. The second kappa shape index (κ2) is 7.84. The molecule has 1 amide bonds. The van der Waals surface area contributed by atoms with E-state index in [4.69, 9.17) is 0 Å². The summed E-state index contributed by atoms with van der Waals surface area (Å²) < 4.78 is 4.21. The predicted octanol–water partition coefficient (Wildman–Crippen LogP) is 3.76. The van der Waals surface area contributed by atoms with Gasteiger partial charge in [-0.05, 0) is 49.5 Å². The first-order valence-corrected chi connectivity index (χ1v) is 9.84. The summed E-state index contributed by atoms with van der Waals surface area (Å²) in [6.07, 6.45) is 1.84. The number of benzene rings is 1. The molecule has 0 bridgehead atoms. The highest BCUT2D eigenvalue weighted by Gasteiger charge is 2.27. The summed E-state index contributed by atoms with van der Waals surface area (Å²) >= 11 is 1.32. The molecular weight excluding hydrogens is 358 g/mol. The van der Waals surface area contributed by atoms with Gasteiger partial charge in [-0.15, -0.1) is 10.2 Å². The molecule has 1 atom stereocenters. The van der Waals surface area contributed by atoms with Crippen molar-refractivity contribution in [3.05, 3.63) is 54.2 Å². The quantitative estimate of drug-likeness (QED) is 0.747. The fraction of sp³-hybridized carbons (Fsp3) is 0.300. The van der Waals surface area contributed by atoms with Gasteiger partial charge in [-0.1, -0.05) is 30.3 Å². The smallest absolute Gasteiger partial charge is 0.229 e. The summed E-state index contributed by atoms with van der Waals surface area (Å²) in [6, 6.07) is 15.9. The fourth-order valence-corrected chi connectivity index (χ4v) is 3.97. The third-order valence-electron chi connectivity index (χ3n) is 4.71. The molecule has 1 aromatic carbocycles. The highest BCUT2D eigenvalue weighted by Crippen LogP contribution is 2.25. The lowest BCUT2D eigenvalue weighted by atomic mass is 9.97. The Labute approximate surface area is 162 Å². The summed E-state index contributed by atoms with van der Waals surface area (Å²) in [7, 11) is 0. The van der Waals surface area contributed by atoms with Gasteiger partial charge in [0.25, 0.3) is 0 Å². The molecule has 1 unspecified atom stereocenters. The number of carbonyl (C=O) groups excluding carboxylic acids is 1. The molecule has 2 aromatic heterocycles. The maximum Gasteiger partial charge on any atom is 0.229 e. The van der Waals surface area contributed by atoms with Crippen molar-refractivity contribution in [1.29, 1.82) is 0 Å². The van der Waals surface area contributed by atoms with E-state index < -0.39 is 0 Å². The number of anilines is 2. The summed E-state index contributed by atoms with van der Waals surface area (Å²) in [6.45, 7) is 3.47. The Balaban J connectivity index is 1.42. The topological polar surface area (TPSA) is 71.0 Å². The van der Waals surface area contributed by atoms with Crippen molar-refractivity contribution in [2.24, 2.45) is 5.92 Å². The van der Waals surface area contributed by atoms with Crippen LogP contribution in [-0.2, 0) is 4.79 Å². The van der Waals surface area contributed by atoms with Crippen LogP contribution in [-0.4, -0.2) is 33.6 Å². The third-order valence-corrected chi connectivity index (χ3v) is 5.51. The molecule has 0 aliphatic carbocycles. The van der Waals surface area contributed by atoms with Crippen molar-refractivity contribution in [2.45, 2.75) is 19.8 Å². The standard InChI is InChI=1S/C20H21N5OS/c1-14-12-19(27-24-14)21-20(26)16-8-5-11-25(13-16)18-10-9-17(22-23-18)15-6-3-2-4-7-15/h2-4,6-7,9-10,12,16H,5,8,11,13H2,1H3,(H,21,26). The van der Waals surface area contributed by atoms with Crippen molar-refractivity contribution in [3.63, 3.8) is 0 Å². The van der Waals surface area contributed by atoms with Crippen LogP contribution < -0.4 is 10.2 Å². The highest BCUT2D eigenvalue weighted by molar-refractivity contribution is 7.10. The van der Waals surface area contributed by atoms with Crippen LogP contribution in [0.15, 0.2) is 48.5 Å². The first kappa shape index (κ1) is 17.6. The van der Waals surface area contributed by atoms with Gasteiger partial charge in [0.2, 0.25) is 5.91 Å². The van der Waals surface area contributed by atoms with Crippen LogP contribution in [0.4, 0.5) is 10.8 Å². The van der Waals surface area contributed by atoms with E-state index in [0.29, 0.717) is 6.54 Å². The van der Waals surface area contributed by atoms with Crippen LogP contribution in [0.5, 0.6) is 0 Å². The molecule has 6 nitrogen and oxygen atoms in total. The maximum absolute atomic E-state index is 12.6. The Bertz CT molecular complexity index is 910. The average molecular weight is 379 g/mol. The SMILES string of the molecule is Cc1cc(NC(=O)C2CCCN(c3ccc(-c4ccccc4)nn3)C2)sn1. The number of hydrogen-bond acceptors (Lipinski definition) is 6. The van der Waals surface area contributed by atoms with Gasteiger partial charge in [0.15, 0.2) is 5.82 Å². The molecule has 0 saturated carbocycles. The molecule has 1 aliphatic rings. The third kappa shape index (κ3) is 4.14. The van der Waals surface area contributed by atoms with Crippen LogP contribution in [0.2, 0.25) is 0 Å². The Kier molecular flexibility index (Phi) is 5.11. The monoisotopic (exact) mass is 379 g/mol. The number of aromatic nitrogens is 3. The number of nitrogens with one attached hydrogen (secondary N) is 1. The number of hydrogen-bond donors (Lipinski definition) is 1. The summed E-state index contributed by atoms with van der Waals surface area (Å²) in [5.74, 6) is 0.815. The van der Waals surface area contributed by atoms with Crippen molar-refractivity contribution in [1.82, 2.24) is 14.6 Å². The molecule has 0 radical (unpaired) electrons. The van der Waals surface area contributed by atoms with Crippen molar-refractivity contribution < 1.29 is 4.79 Å². The molecule has 4 rings (SSSR count). The normalized spacial score (nSPS) is 16.9. The van der Waals surface area contributed by atoms with E-state index in [0.717, 1.165) is 47.2 Å². The fourth-order valence-electron chi connectivity index (χ4n) is 3.30. The second-order valence-electron chi connectivity index (χ2n) is 6.75. The van der Waals surface area contributed by atoms with Gasteiger partial charge in [-0.25, -0.2) is 0 Å². The second-order valence-corrected chi connectivity index (χ2v) is 7.55. The van der Waals surface area contributed by atoms with Crippen molar-refractivity contribution >= 4 is 28.3 Å². The Hall–Kier alpha value is -2.80. The number of amides is 1. The first-order valence-electron chi connectivity index (χ1n) is 9.07. The van der Waals surface area contributed by atoms with Crippen molar-refractivity contribution in [3.8, 4) is 11.3 Å². The minimum absolute atomic E-state index is 0.0530. The van der Waals surface area contributed by atoms with Crippen LogP contribution in [0.3, 0.4) is 0 Å². The molecule has 138 valence electrons. The molecule has 27 heavy (non-hydrogen) atoms. The van der Waals surface area contributed by atoms with Gasteiger partial charge in [-0.2, -0.15) is 4.37 Å². The maximum atomic E-state index is 12.6. The van der Waals surface area contributed by atoms with E-state index in [1.807, 2.05) is 55.5 Å². The lowest BCUT2D eigenvalue weighted by Crippen LogP contribution is -2.41. The van der Waals surface area contributed by atoms with E-state index in [1.165, 1.54) is 11.5 Å². The molecule has 7 heteroatoms. The molecule has 1 saturated heterocycles. The summed E-state index contributed by atoms with van der Waals surface area (Å²) in [5, 5.41) is 12.6. The molecular formula is C20H21N5OS. The number of nitrogens with zero attached hydrogens (tertiary/aromatic N) is 4. The van der Waals surface area contributed by atoms with Crippen molar-refractivity contribution in [2.75, 3.05) is 23.3 Å². The lowest BCUT2D eigenvalue weighted by Gasteiger charge is -2.32. The van der Waals surface area contributed by atoms with Gasteiger partial charge in [0.05, 0.1) is 17.3 Å². The van der Waals surface area contributed by atoms with Gasteiger partial charge in [0, 0.05) is 18.7 Å². The molecule has 1 N–H and O–H groups in total. The van der Waals surface area contributed by atoms with Crippen LogP contribution in [0, 0.1) is 12.8 Å². The van der Waals surface area contributed by atoms with Gasteiger partial charge >= 0.3 is 0 Å². The van der Waals surface area contributed by atoms with Crippen LogP contribution in [0.1, 0.15) is 18.5 Å². The number of aryl methyl sites for hydroxylation is 1. The zero-order valence-electron chi connectivity index (χ0n) is 15.1. The molecule has 1 aliphatic heterocycles. The molecule has 1 fully saturated rings. The zero-order valence-corrected chi connectivity index (χ0v) is 15.9. The van der Waals surface area contributed by atoms with Gasteiger partial charge in [0.1, 0.15) is 5.00 Å². The van der Waals surface area contributed by atoms with Crippen LogP contribution >= 0.6 is 11.5 Å². The van der Waals surface area contributed by atoms with E-state index >= 15 is 0 Å². The first-order chi connectivity index (χ1) is 13.2. The number of piperidine rings is 1. The minimum atomic E-state index is -0.0586. The Morgan fingerprint density at radius 1 is 1.19 bits per heavy atom. The Morgan fingerprint density at radius 3 is 2.74 bits per heavy atom. The minimum Gasteiger partial charge on any atom is -0.354 e. The van der Waals surface area contributed by atoms with Gasteiger partial charge < -0.3 is 10.2 Å². The predicted molar refractivity (Wildman–Crippen MR) is 108 cm³/mol. The largest absolute Gasteiger partial charge is 0.354 e. The lowest BCUT2D eigenvalue weighted by molar-refractivity contribution is -0.120. The zero-order chi connectivity index (χ0) is 18.6. The molecule has 3 heterocycles. The van der Waals surface area contributed by atoms with E-state index in [2.05, 4.69) is 24.8 Å². The van der Waals surface area contributed by atoms with E-state index in [1.54, 1.807) is 0 Å². The number of rotatable bonds is 4. The summed E-state index contributed by atoms with van der Waals surface area (Å²) in [4.78, 5) is 14.7. The van der Waals surface area contributed by atoms with Crippen LogP contribution in [0.25, 0.3) is 11.3 Å². The highest BCUT2D eigenvalue weighted by atomic mass is 32.1. The Morgan fingerprint density at radius 2 is 2.04 bits per heavy atom.